The van der Waals surface area contributed by atoms with Crippen LogP contribution in [0.2, 0.25) is 0 Å². The number of hydrogen-bond donors (Lipinski definition) is 0. The van der Waals surface area contributed by atoms with Gasteiger partial charge in [-0.3, -0.25) is 9.59 Å². The molecule has 0 saturated heterocycles. The first-order chi connectivity index (χ1) is 7.09. The molecule has 0 aromatic rings. The Hall–Kier alpha value is -1.12. The van der Waals surface area contributed by atoms with Gasteiger partial charge in [-0.25, -0.2) is 0 Å². The minimum atomic E-state index is -0.964. The van der Waals surface area contributed by atoms with Crippen molar-refractivity contribution in [2.75, 3.05) is 7.11 Å². The van der Waals surface area contributed by atoms with Crippen molar-refractivity contribution in [1.29, 1.82) is 0 Å². The predicted octanol–water partition coefficient (Wildman–Crippen LogP) is 2.11. The highest BCUT2D eigenvalue weighted by Gasteiger charge is 2.50. The average molecular weight is 210 g/mol. The summed E-state index contributed by atoms with van der Waals surface area (Å²) in [5.41, 5.74) is -0.964. The maximum absolute atomic E-state index is 12.0. The van der Waals surface area contributed by atoms with E-state index in [4.69, 9.17) is 4.74 Å². The Kier molecular flexibility index (Phi) is 3.66. The van der Waals surface area contributed by atoms with E-state index in [2.05, 4.69) is 6.58 Å². The van der Waals surface area contributed by atoms with Crippen molar-refractivity contribution in [3.63, 3.8) is 0 Å². The summed E-state index contributed by atoms with van der Waals surface area (Å²) in [5, 5.41) is 0. The molecule has 0 heterocycles. The van der Waals surface area contributed by atoms with Gasteiger partial charge in [0.1, 0.15) is 5.41 Å². The number of ketones is 1. The SMILES string of the molecule is C=C[C@@H](C)[C@]1(C(=O)OC)CCCCC1=O. The van der Waals surface area contributed by atoms with Gasteiger partial charge >= 0.3 is 5.97 Å². The van der Waals surface area contributed by atoms with Crippen LogP contribution in [0.15, 0.2) is 12.7 Å². The van der Waals surface area contributed by atoms with Crippen LogP contribution < -0.4 is 0 Å². The molecular formula is C12H18O3. The highest BCUT2D eigenvalue weighted by Crippen LogP contribution is 2.41. The molecule has 0 radical (unpaired) electrons. The van der Waals surface area contributed by atoms with E-state index < -0.39 is 11.4 Å². The third-order valence-electron chi connectivity index (χ3n) is 3.40. The summed E-state index contributed by atoms with van der Waals surface area (Å²) in [4.78, 5) is 23.8. The molecule has 3 heteroatoms. The first-order valence-corrected chi connectivity index (χ1v) is 5.34. The Morgan fingerprint density at radius 2 is 2.27 bits per heavy atom. The van der Waals surface area contributed by atoms with E-state index >= 15 is 0 Å². The van der Waals surface area contributed by atoms with Gasteiger partial charge in [-0.15, -0.1) is 6.58 Å². The fourth-order valence-corrected chi connectivity index (χ4v) is 2.32. The van der Waals surface area contributed by atoms with E-state index in [0.29, 0.717) is 12.8 Å². The van der Waals surface area contributed by atoms with E-state index in [0.717, 1.165) is 12.8 Å². The first kappa shape index (κ1) is 12.0. The average Bonchev–Trinajstić information content (AvgIpc) is 2.28. The van der Waals surface area contributed by atoms with Crippen LogP contribution in [0.3, 0.4) is 0 Å². The number of hydrogen-bond acceptors (Lipinski definition) is 3. The van der Waals surface area contributed by atoms with Crippen molar-refractivity contribution < 1.29 is 14.3 Å². The highest BCUT2D eigenvalue weighted by molar-refractivity contribution is 6.04. The largest absolute Gasteiger partial charge is 0.468 e. The minimum absolute atomic E-state index is 0.00741. The van der Waals surface area contributed by atoms with Crippen LogP contribution in [0.25, 0.3) is 0 Å². The number of carbonyl (C=O) groups excluding carboxylic acids is 2. The molecule has 0 amide bonds. The van der Waals surface area contributed by atoms with Crippen molar-refractivity contribution in [2.24, 2.45) is 11.3 Å². The van der Waals surface area contributed by atoms with Crippen molar-refractivity contribution in [1.82, 2.24) is 0 Å². The smallest absolute Gasteiger partial charge is 0.319 e. The van der Waals surface area contributed by atoms with Crippen LogP contribution in [0, 0.1) is 11.3 Å². The van der Waals surface area contributed by atoms with Gasteiger partial charge in [0.25, 0.3) is 0 Å². The number of carbonyl (C=O) groups is 2. The Bertz CT molecular complexity index is 273. The maximum atomic E-state index is 12.0. The number of allylic oxidation sites excluding steroid dienone is 1. The molecule has 0 aromatic heterocycles. The molecule has 84 valence electrons. The number of esters is 1. The van der Waals surface area contributed by atoms with Gasteiger partial charge in [0.05, 0.1) is 7.11 Å². The molecule has 1 fully saturated rings. The lowest BCUT2D eigenvalue weighted by Gasteiger charge is -2.36. The van der Waals surface area contributed by atoms with E-state index in [1.54, 1.807) is 6.08 Å². The second-order valence-corrected chi connectivity index (χ2v) is 4.12. The zero-order chi connectivity index (χ0) is 11.5. The van der Waals surface area contributed by atoms with Crippen molar-refractivity contribution >= 4 is 11.8 Å². The van der Waals surface area contributed by atoms with E-state index in [1.807, 2.05) is 6.92 Å². The van der Waals surface area contributed by atoms with Crippen LogP contribution >= 0.6 is 0 Å². The normalized spacial score (nSPS) is 28.3. The second kappa shape index (κ2) is 4.60. The molecule has 1 aliphatic carbocycles. The zero-order valence-electron chi connectivity index (χ0n) is 9.41. The standard InChI is InChI=1S/C12H18O3/c1-4-9(2)12(11(14)15-3)8-6-5-7-10(12)13/h4,9H,1,5-8H2,2-3H3/t9-,12-/m1/s1. The lowest BCUT2D eigenvalue weighted by Crippen LogP contribution is -2.46. The van der Waals surface area contributed by atoms with Crippen molar-refractivity contribution in [3.05, 3.63) is 12.7 Å². The fourth-order valence-electron chi connectivity index (χ4n) is 2.32. The summed E-state index contributed by atoms with van der Waals surface area (Å²) in [5.74, 6) is -0.551. The number of Topliss-reactive ketones (excluding diaryl/α,β-unsaturated/α-hetero) is 1. The molecule has 1 saturated carbocycles. The molecule has 0 spiro atoms. The molecule has 0 aliphatic heterocycles. The minimum Gasteiger partial charge on any atom is -0.468 e. The van der Waals surface area contributed by atoms with Gasteiger partial charge in [0, 0.05) is 6.42 Å². The monoisotopic (exact) mass is 210 g/mol. The molecule has 1 aliphatic rings. The third-order valence-corrected chi connectivity index (χ3v) is 3.40. The molecule has 0 unspecified atom stereocenters. The van der Waals surface area contributed by atoms with Crippen LogP contribution in [0.4, 0.5) is 0 Å². The zero-order valence-corrected chi connectivity index (χ0v) is 9.41. The summed E-state index contributed by atoms with van der Waals surface area (Å²) in [6.45, 7) is 5.53. The Balaban J connectivity index is 3.08. The summed E-state index contributed by atoms with van der Waals surface area (Å²) in [7, 11) is 1.34. The molecule has 2 atom stereocenters. The topological polar surface area (TPSA) is 43.4 Å². The second-order valence-electron chi connectivity index (χ2n) is 4.12. The first-order valence-electron chi connectivity index (χ1n) is 5.34. The van der Waals surface area contributed by atoms with Crippen molar-refractivity contribution in [2.45, 2.75) is 32.6 Å². The van der Waals surface area contributed by atoms with Gasteiger partial charge in [-0.2, -0.15) is 0 Å². The van der Waals surface area contributed by atoms with Gasteiger partial charge < -0.3 is 4.74 Å². The summed E-state index contributed by atoms with van der Waals surface area (Å²) >= 11 is 0. The number of rotatable bonds is 3. The fraction of sp³-hybridized carbons (Fsp3) is 0.667. The van der Waals surface area contributed by atoms with E-state index in [-0.39, 0.29) is 11.7 Å². The van der Waals surface area contributed by atoms with E-state index in [9.17, 15) is 9.59 Å². The van der Waals surface area contributed by atoms with Gasteiger partial charge in [-0.05, 0) is 18.8 Å². The quantitative estimate of drug-likeness (QED) is 0.407. The molecule has 0 N–H and O–H groups in total. The lowest BCUT2D eigenvalue weighted by molar-refractivity contribution is -0.162. The molecular weight excluding hydrogens is 192 g/mol. The van der Waals surface area contributed by atoms with Crippen LogP contribution in [-0.4, -0.2) is 18.9 Å². The third kappa shape index (κ3) is 1.83. The van der Waals surface area contributed by atoms with Crippen LogP contribution in [0.5, 0.6) is 0 Å². The highest BCUT2D eigenvalue weighted by atomic mass is 16.5. The molecule has 3 nitrogen and oxygen atoms in total. The van der Waals surface area contributed by atoms with E-state index in [1.165, 1.54) is 7.11 Å². The van der Waals surface area contributed by atoms with Crippen LogP contribution in [-0.2, 0) is 14.3 Å². The predicted molar refractivity (Wildman–Crippen MR) is 57.3 cm³/mol. The Morgan fingerprint density at radius 3 is 2.73 bits per heavy atom. The summed E-state index contributed by atoms with van der Waals surface area (Å²) in [6, 6.07) is 0. The van der Waals surface area contributed by atoms with Gasteiger partial charge in [-0.1, -0.05) is 19.4 Å². The van der Waals surface area contributed by atoms with Crippen molar-refractivity contribution in [3.8, 4) is 0 Å². The molecule has 15 heavy (non-hydrogen) atoms. The molecule has 1 rings (SSSR count). The summed E-state index contributed by atoms with van der Waals surface area (Å²) in [6.07, 6.45) is 4.51. The Labute approximate surface area is 90.5 Å². The van der Waals surface area contributed by atoms with Gasteiger partial charge in [0.15, 0.2) is 5.78 Å². The lowest BCUT2D eigenvalue weighted by atomic mass is 9.65. The molecule has 0 aromatic carbocycles. The van der Waals surface area contributed by atoms with Crippen LogP contribution in [0.1, 0.15) is 32.6 Å². The number of ether oxygens (including phenoxy) is 1. The maximum Gasteiger partial charge on any atom is 0.319 e. The number of methoxy groups -OCH3 is 1. The molecule has 0 bridgehead atoms. The summed E-state index contributed by atoms with van der Waals surface area (Å²) < 4.78 is 4.78. The Morgan fingerprint density at radius 1 is 1.60 bits per heavy atom. The van der Waals surface area contributed by atoms with Gasteiger partial charge in [0.2, 0.25) is 0 Å².